The first kappa shape index (κ1) is 23.3. The van der Waals surface area contributed by atoms with Crippen LogP contribution in [0.4, 0.5) is 0 Å². The molecular weight excluding hydrogens is 426 g/mol. The van der Waals surface area contributed by atoms with E-state index in [0.717, 1.165) is 31.2 Å². The van der Waals surface area contributed by atoms with Gasteiger partial charge in [-0.05, 0) is 43.4 Å². The summed E-state index contributed by atoms with van der Waals surface area (Å²) in [5.74, 6) is 0.285. The molecule has 1 saturated carbocycles. The van der Waals surface area contributed by atoms with Crippen molar-refractivity contribution in [1.29, 1.82) is 5.26 Å². The van der Waals surface area contributed by atoms with Crippen LogP contribution in [0.25, 0.3) is 5.57 Å². The van der Waals surface area contributed by atoms with Crippen molar-refractivity contribution < 1.29 is 9.53 Å². The van der Waals surface area contributed by atoms with Crippen LogP contribution >= 0.6 is 11.6 Å². The minimum absolute atomic E-state index is 0.0386. The fourth-order valence-corrected chi connectivity index (χ4v) is 3.71. The Morgan fingerprint density at radius 2 is 2.06 bits per heavy atom. The highest BCUT2D eigenvalue weighted by molar-refractivity contribution is 6.30. The standard InChI is InChI=1S/C24H26ClN5O2/c1-28-14-18(12-27)21-15-29-22(24(31)30-13-17-2-6-19(25)7-3-17)10-23(21)32-20-8-4-16(11-26)5-9-20/h2-3,6-7,10,12,14-16,20H,4-5,8-9,13,27H2,1H3,(H,30,31)/b18-12+,28-14?. The molecule has 1 amide bonds. The Hall–Kier alpha value is -3.37. The summed E-state index contributed by atoms with van der Waals surface area (Å²) in [7, 11) is 1.65. The van der Waals surface area contributed by atoms with Crippen molar-refractivity contribution in [3.63, 3.8) is 0 Å². The number of halogens is 1. The molecule has 0 spiro atoms. The van der Waals surface area contributed by atoms with Crippen LogP contribution in [0, 0.1) is 17.2 Å². The molecule has 32 heavy (non-hydrogen) atoms. The molecule has 1 aromatic heterocycles. The van der Waals surface area contributed by atoms with Gasteiger partial charge in [-0.25, -0.2) is 0 Å². The average Bonchev–Trinajstić information content (AvgIpc) is 2.82. The van der Waals surface area contributed by atoms with Gasteiger partial charge in [0, 0.05) is 60.3 Å². The Morgan fingerprint density at radius 1 is 1.34 bits per heavy atom. The van der Waals surface area contributed by atoms with Crippen molar-refractivity contribution in [3.05, 3.63) is 64.6 Å². The Bertz CT molecular complexity index is 1040. The number of nitrogens with one attached hydrogen (secondary N) is 1. The van der Waals surface area contributed by atoms with Gasteiger partial charge in [0.15, 0.2) is 0 Å². The number of allylic oxidation sites excluding steroid dienone is 1. The summed E-state index contributed by atoms with van der Waals surface area (Å²) in [4.78, 5) is 21.1. The number of carbonyl (C=O) groups is 1. The van der Waals surface area contributed by atoms with E-state index in [2.05, 4.69) is 21.4 Å². The number of pyridine rings is 1. The molecule has 0 bridgehead atoms. The van der Waals surface area contributed by atoms with E-state index >= 15 is 0 Å². The van der Waals surface area contributed by atoms with Crippen LogP contribution in [-0.4, -0.2) is 30.3 Å². The predicted molar refractivity (Wildman–Crippen MR) is 125 cm³/mol. The van der Waals surface area contributed by atoms with Crippen LogP contribution in [0.1, 0.15) is 47.3 Å². The Morgan fingerprint density at radius 3 is 2.69 bits per heavy atom. The van der Waals surface area contributed by atoms with Gasteiger partial charge in [0.25, 0.3) is 5.91 Å². The minimum Gasteiger partial charge on any atom is -0.490 e. The largest absolute Gasteiger partial charge is 0.490 e. The molecule has 8 heteroatoms. The fraction of sp³-hybridized carbons (Fsp3) is 0.333. The Balaban J connectivity index is 1.79. The molecule has 1 fully saturated rings. The number of rotatable bonds is 7. The summed E-state index contributed by atoms with van der Waals surface area (Å²) in [6.07, 6.45) is 7.75. The lowest BCUT2D eigenvalue weighted by Gasteiger charge is -2.26. The number of amides is 1. The van der Waals surface area contributed by atoms with Crippen LogP contribution in [0.2, 0.25) is 5.02 Å². The van der Waals surface area contributed by atoms with Crippen LogP contribution in [0.5, 0.6) is 5.75 Å². The highest BCUT2D eigenvalue weighted by Crippen LogP contribution is 2.31. The third kappa shape index (κ3) is 6.08. The number of carbonyl (C=O) groups excluding carboxylic acids is 1. The van der Waals surface area contributed by atoms with Crippen molar-refractivity contribution >= 4 is 29.3 Å². The number of nitrogens with zero attached hydrogens (tertiary/aromatic N) is 3. The van der Waals surface area contributed by atoms with Gasteiger partial charge in [0.2, 0.25) is 0 Å². The number of benzene rings is 1. The second-order valence-corrected chi connectivity index (χ2v) is 8.04. The maximum Gasteiger partial charge on any atom is 0.270 e. The van der Waals surface area contributed by atoms with Crippen LogP contribution in [0.15, 0.2) is 47.7 Å². The summed E-state index contributed by atoms with van der Waals surface area (Å²) in [5.41, 5.74) is 8.27. The molecule has 7 nitrogen and oxygen atoms in total. The number of ether oxygens (including phenoxy) is 1. The Kier molecular flexibility index (Phi) is 8.23. The molecule has 3 rings (SSSR count). The van der Waals surface area contributed by atoms with Gasteiger partial charge in [-0.15, -0.1) is 0 Å². The smallest absolute Gasteiger partial charge is 0.270 e. The number of hydrogen-bond acceptors (Lipinski definition) is 6. The molecular formula is C24H26ClN5O2. The third-order valence-electron chi connectivity index (χ3n) is 5.37. The van der Waals surface area contributed by atoms with E-state index < -0.39 is 0 Å². The summed E-state index contributed by atoms with van der Waals surface area (Å²) in [5, 5.41) is 12.6. The number of aromatic nitrogens is 1. The van der Waals surface area contributed by atoms with Crippen LogP contribution in [0.3, 0.4) is 0 Å². The van der Waals surface area contributed by atoms with Gasteiger partial charge < -0.3 is 15.8 Å². The number of nitriles is 1. The van der Waals surface area contributed by atoms with E-state index in [1.807, 2.05) is 12.1 Å². The lowest BCUT2D eigenvalue weighted by Crippen LogP contribution is -2.26. The van der Waals surface area contributed by atoms with Crippen molar-refractivity contribution in [2.24, 2.45) is 16.6 Å². The van der Waals surface area contributed by atoms with Gasteiger partial charge in [-0.2, -0.15) is 5.26 Å². The first-order chi connectivity index (χ1) is 15.5. The van der Waals surface area contributed by atoms with E-state index in [-0.39, 0.29) is 23.6 Å². The molecule has 1 aromatic carbocycles. The first-order valence-electron chi connectivity index (χ1n) is 10.5. The maximum absolute atomic E-state index is 12.7. The summed E-state index contributed by atoms with van der Waals surface area (Å²) in [6.45, 7) is 0.351. The van der Waals surface area contributed by atoms with Crippen molar-refractivity contribution in [2.45, 2.75) is 38.3 Å². The quantitative estimate of drug-likeness (QED) is 0.614. The predicted octanol–water partition coefficient (Wildman–Crippen LogP) is 4.13. The second-order valence-electron chi connectivity index (χ2n) is 7.60. The number of nitrogens with two attached hydrogens (primary N) is 1. The molecule has 1 heterocycles. The lowest BCUT2D eigenvalue weighted by molar-refractivity contribution is 0.0944. The molecule has 0 atom stereocenters. The van der Waals surface area contributed by atoms with Crippen LogP contribution < -0.4 is 15.8 Å². The topological polar surface area (TPSA) is 113 Å². The molecule has 0 aliphatic heterocycles. The zero-order valence-corrected chi connectivity index (χ0v) is 18.7. The van der Waals surface area contributed by atoms with E-state index in [9.17, 15) is 4.79 Å². The minimum atomic E-state index is -0.313. The highest BCUT2D eigenvalue weighted by Gasteiger charge is 2.24. The normalized spacial score (nSPS) is 18.8. The summed E-state index contributed by atoms with van der Waals surface area (Å²) < 4.78 is 6.27. The van der Waals surface area contributed by atoms with Gasteiger partial charge in [0.1, 0.15) is 11.4 Å². The van der Waals surface area contributed by atoms with Gasteiger partial charge >= 0.3 is 0 Å². The van der Waals surface area contributed by atoms with Crippen molar-refractivity contribution in [3.8, 4) is 11.8 Å². The summed E-state index contributed by atoms with van der Waals surface area (Å²) in [6, 6.07) is 11.2. The van der Waals surface area contributed by atoms with Gasteiger partial charge in [-0.3, -0.25) is 14.8 Å². The number of aliphatic imine (C=N–C) groups is 1. The van der Waals surface area contributed by atoms with E-state index in [1.54, 1.807) is 37.7 Å². The molecule has 0 saturated heterocycles. The molecule has 166 valence electrons. The zero-order valence-electron chi connectivity index (χ0n) is 17.9. The monoisotopic (exact) mass is 451 g/mol. The summed E-state index contributed by atoms with van der Waals surface area (Å²) >= 11 is 5.91. The molecule has 0 radical (unpaired) electrons. The number of hydrogen-bond donors (Lipinski definition) is 2. The SMILES string of the molecule is CN=C/C(=C\N)c1cnc(C(=O)NCc2ccc(Cl)cc2)cc1OC1CCC(C#N)CC1. The van der Waals surface area contributed by atoms with E-state index in [0.29, 0.717) is 28.5 Å². The Labute approximate surface area is 193 Å². The molecule has 3 N–H and O–H groups in total. The van der Waals surface area contributed by atoms with Crippen molar-refractivity contribution in [2.75, 3.05) is 7.05 Å². The highest BCUT2D eigenvalue weighted by atomic mass is 35.5. The zero-order chi connectivity index (χ0) is 22.9. The van der Waals surface area contributed by atoms with Gasteiger partial charge in [-0.1, -0.05) is 23.7 Å². The molecule has 1 aliphatic rings. The van der Waals surface area contributed by atoms with Crippen molar-refractivity contribution in [1.82, 2.24) is 10.3 Å². The fourth-order valence-electron chi connectivity index (χ4n) is 3.58. The lowest BCUT2D eigenvalue weighted by atomic mass is 9.88. The first-order valence-corrected chi connectivity index (χ1v) is 10.8. The van der Waals surface area contributed by atoms with Gasteiger partial charge in [0.05, 0.1) is 12.2 Å². The van der Waals surface area contributed by atoms with E-state index in [1.165, 1.54) is 6.20 Å². The molecule has 1 aliphatic carbocycles. The molecule has 0 unspecified atom stereocenters. The third-order valence-corrected chi connectivity index (χ3v) is 5.63. The van der Waals surface area contributed by atoms with E-state index in [4.69, 9.17) is 27.3 Å². The van der Waals surface area contributed by atoms with Crippen LogP contribution in [-0.2, 0) is 6.54 Å². The molecule has 2 aromatic rings. The average molecular weight is 452 g/mol. The maximum atomic E-state index is 12.7. The second kappa shape index (κ2) is 11.3.